The molecule has 0 fully saturated rings. The lowest BCUT2D eigenvalue weighted by Gasteiger charge is -2.06. The van der Waals surface area contributed by atoms with Crippen LogP contribution in [0.4, 0.5) is 4.79 Å². The van der Waals surface area contributed by atoms with Crippen LogP contribution in [0.1, 0.15) is 12.2 Å². The van der Waals surface area contributed by atoms with E-state index in [9.17, 15) is 4.79 Å². The summed E-state index contributed by atoms with van der Waals surface area (Å²) in [5.74, 6) is 1.02. The van der Waals surface area contributed by atoms with E-state index in [0.29, 0.717) is 19.7 Å². The predicted octanol–water partition coefficient (Wildman–Crippen LogP) is 1.21. The minimum atomic E-state index is -0.157. The Balaban J connectivity index is 1.70. The molecule has 0 bridgehead atoms. The van der Waals surface area contributed by atoms with E-state index < -0.39 is 0 Å². The summed E-state index contributed by atoms with van der Waals surface area (Å²) >= 11 is 0. The van der Waals surface area contributed by atoms with Crippen molar-refractivity contribution >= 4 is 11.5 Å². The molecule has 0 aliphatic rings. The molecular formula is C14H20N4O2. The number of nitrogens with one attached hydrogen (secondary N) is 2. The van der Waals surface area contributed by atoms with Crippen molar-refractivity contribution < 1.29 is 9.53 Å². The number of hydrogen-bond donors (Lipinski definition) is 2. The first-order valence-electron chi connectivity index (χ1n) is 6.73. The number of rotatable bonds is 7. The topological polar surface area (TPSA) is 67.7 Å². The minimum Gasteiger partial charge on any atom is -0.383 e. The number of nitrogens with zero attached hydrogens (tertiary/aromatic N) is 2. The van der Waals surface area contributed by atoms with E-state index >= 15 is 0 Å². The number of carbonyl (C=O) groups is 1. The van der Waals surface area contributed by atoms with Crippen molar-refractivity contribution in [2.24, 2.45) is 0 Å². The van der Waals surface area contributed by atoms with Gasteiger partial charge in [0.15, 0.2) is 0 Å². The third-order valence-electron chi connectivity index (χ3n) is 2.97. The number of urea groups is 1. The molecule has 2 amide bonds. The number of carbonyl (C=O) groups excluding carboxylic acids is 1. The molecule has 2 heterocycles. The van der Waals surface area contributed by atoms with Crippen LogP contribution in [0.25, 0.3) is 5.52 Å². The SMILES string of the molecule is COCCNC(=O)NCCCc1ncc2ccccn12. The quantitative estimate of drug-likeness (QED) is 0.747. The van der Waals surface area contributed by atoms with Crippen LogP contribution in [0.5, 0.6) is 0 Å². The lowest BCUT2D eigenvalue weighted by atomic mass is 10.3. The first-order chi connectivity index (χ1) is 9.81. The van der Waals surface area contributed by atoms with Crippen LogP contribution in [0, 0.1) is 0 Å². The minimum absolute atomic E-state index is 0.157. The van der Waals surface area contributed by atoms with Gasteiger partial charge in [-0.3, -0.25) is 0 Å². The van der Waals surface area contributed by atoms with Crippen molar-refractivity contribution in [1.82, 2.24) is 20.0 Å². The maximum atomic E-state index is 11.4. The van der Waals surface area contributed by atoms with Gasteiger partial charge < -0.3 is 19.8 Å². The molecule has 0 atom stereocenters. The summed E-state index contributed by atoms with van der Waals surface area (Å²) in [5, 5.41) is 5.52. The van der Waals surface area contributed by atoms with Crippen LogP contribution < -0.4 is 10.6 Å². The summed E-state index contributed by atoms with van der Waals surface area (Å²) in [7, 11) is 1.61. The highest BCUT2D eigenvalue weighted by Gasteiger charge is 2.03. The summed E-state index contributed by atoms with van der Waals surface area (Å²) in [6.45, 7) is 1.67. The van der Waals surface area contributed by atoms with Crippen LogP contribution in [-0.2, 0) is 11.2 Å². The van der Waals surface area contributed by atoms with Gasteiger partial charge in [-0.05, 0) is 18.6 Å². The Hall–Kier alpha value is -2.08. The molecule has 0 saturated heterocycles. The molecular weight excluding hydrogens is 256 g/mol. The molecule has 2 aromatic heterocycles. The maximum absolute atomic E-state index is 11.4. The van der Waals surface area contributed by atoms with Gasteiger partial charge in [0.25, 0.3) is 0 Å². The summed E-state index contributed by atoms with van der Waals surface area (Å²) in [5.41, 5.74) is 1.09. The summed E-state index contributed by atoms with van der Waals surface area (Å²) in [4.78, 5) is 15.8. The molecule has 0 spiro atoms. The molecule has 0 aromatic carbocycles. The standard InChI is InChI=1S/C14H20N4O2/c1-20-10-8-16-14(19)15-7-4-6-13-17-11-12-5-2-3-9-18(12)13/h2-3,5,9,11H,4,6-8,10H2,1H3,(H2,15,16,19). The molecule has 2 aromatic rings. The smallest absolute Gasteiger partial charge is 0.314 e. The van der Waals surface area contributed by atoms with Crippen LogP contribution in [0.15, 0.2) is 30.6 Å². The van der Waals surface area contributed by atoms with E-state index in [-0.39, 0.29) is 6.03 Å². The summed E-state index contributed by atoms with van der Waals surface area (Å²) < 4.78 is 6.92. The lowest BCUT2D eigenvalue weighted by molar-refractivity contribution is 0.196. The molecule has 2 rings (SSSR count). The normalized spacial score (nSPS) is 10.7. The fourth-order valence-electron chi connectivity index (χ4n) is 1.96. The second-order valence-electron chi connectivity index (χ2n) is 4.45. The van der Waals surface area contributed by atoms with E-state index in [1.165, 1.54) is 0 Å². The van der Waals surface area contributed by atoms with Crippen molar-refractivity contribution in [2.45, 2.75) is 12.8 Å². The number of ether oxygens (including phenoxy) is 1. The zero-order valence-corrected chi connectivity index (χ0v) is 11.6. The van der Waals surface area contributed by atoms with Crippen molar-refractivity contribution in [2.75, 3.05) is 26.8 Å². The van der Waals surface area contributed by atoms with Crippen molar-refractivity contribution in [1.29, 1.82) is 0 Å². The number of fused-ring (bicyclic) bond motifs is 1. The van der Waals surface area contributed by atoms with E-state index in [1.54, 1.807) is 7.11 Å². The van der Waals surface area contributed by atoms with Gasteiger partial charge in [0.05, 0.1) is 18.3 Å². The summed E-state index contributed by atoms with van der Waals surface area (Å²) in [6, 6.07) is 5.85. The third kappa shape index (κ3) is 3.96. The fraction of sp³-hybridized carbons (Fsp3) is 0.429. The first-order valence-corrected chi connectivity index (χ1v) is 6.73. The number of aromatic nitrogens is 2. The number of imidazole rings is 1. The zero-order chi connectivity index (χ0) is 14.2. The number of amides is 2. The number of pyridine rings is 1. The Morgan fingerprint density at radius 1 is 1.35 bits per heavy atom. The third-order valence-corrected chi connectivity index (χ3v) is 2.97. The second kappa shape index (κ2) is 7.49. The van der Waals surface area contributed by atoms with Gasteiger partial charge in [-0.2, -0.15) is 0 Å². The molecule has 0 aliphatic carbocycles. The van der Waals surface area contributed by atoms with Gasteiger partial charge in [0.2, 0.25) is 0 Å². The fourth-order valence-corrected chi connectivity index (χ4v) is 1.96. The Morgan fingerprint density at radius 3 is 3.05 bits per heavy atom. The van der Waals surface area contributed by atoms with Crippen LogP contribution in [0.2, 0.25) is 0 Å². The Bertz CT molecular complexity index is 553. The average Bonchev–Trinajstić information content (AvgIpc) is 2.87. The Kier molecular flexibility index (Phi) is 5.37. The molecule has 0 saturated carbocycles. The lowest BCUT2D eigenvalue weighted by Crippen LogP contribution is -2.37. The average molecular weight is 276 g/mol. The number of hydrogen-bond acceptors (Lipinski definition) is 3. The first kappa shape index (κ1) is 14.3. The van der Waals surface area contributed by atoms with Crippen molar-refractivity contribution in [3.8, 4) is 0 Å². The summed E-state index contributed by atoms with van der Waals surface area (Å²) in [6.07, 6.45) is 5.55. The van der Waals surface area contributed by atoms with Gasteiger partial charge >= 0.3 is 6.03 Å². The highest BCUT2D eigenvalue weighted by Crippen LogP contribution is 2.07. The predicted molar refractivity (Wildman–Crippen MR) is 76.8 cm³/mol. The second-order valence-corrected chi connectivity index (χ2v) is 4.45. The van der Waals surface area contributed by atoms with Gasteiger partial charge in [-0.15, -0.1) is 0 Å². The van der Waals surface area contributed by atoms with Gasteiger partial charge in [-0.1, -0.05) is 6.07 Å². The van der Waals surface area contributed by atoms with Gasteiger partial charge in [-0.25, -0.2) is 9.78 Å². The molecule has 0 unspecified atom stereocenters. The van der Waals surface area contributed by atoms with Crippen LogP contribution in [-0.4, -0.2) is 42.2 Å². The monoisotopic (exact) mass is 276 g/mol. The van der Waals surface area contributed by atoms with Crippen molar-refractivity contribution in [3.63, 3.8) is 0 Å². The molecule has 0 aliphatic heterocycles. The van der Waals surface area contributed by atoms with Gasteiger partial charge in [0.1, 0.15) is 5.82 Å². The molecule has 2 N–H and O–H groups in total. The van der Waals surface area contributed by atoms with E-state index in [2.05, 4.69) is 20.0 Å². The van der Waals surface area contributed by atoms with E-state index in [0.717, 1.165) is 24.2 Å². The highest BCUT2D eigenvalue weighted by atomic mass is 16.5. The van der Waals surface area contributed by atoms with Gasteiger partial charge in [0, 0.05) is 32.8 Å². The van der Waals surface area contributed by atoms with Crippen molar-refractivity contribution in [3.05, 3.63) is 36.4 Å². The zero-order valence-electron chi connectivity index (χ0n) is 11.6. The van der Waals surface area contributed by atoms with Crippen LogP contribution in [0.3, 0.4) is 0 Å². The molecule has 20 heavy (non-hydrogen) atoms. The maximum Gasteiger partial charge on any atom is 0.314 e. The number of methoxy groups -OCH3 is 1. The molecule has 108 valence electrons. The molecule has 0 radical (unpaired) electrons. The Labute approximate surface area is 118 Å². The molecule has 6 nitrogen and oxygen atoms in total. The Morgan fingerprint density at radius 2 is 2.20 bits per heavy atom. The van der Waals surface area contributed by atoms with E-state index in [4.69, 9.17) is 4.74 Å². The molecule has 6 heteroatoms. The largest absolute Gasteiger partial charge is 0.383 e. The van der Waals surface area contributed by atoms with Crippen LogP contribution >= 0.6 is 0 Å². The number of aryl methyl sites for hydroxylation is 1. The van der Waals surface area contributed by atoms with E-state index in [1.807, 2.05) is 30.6 Å². The highest BCUT2D eigenvalue weighted by molar-refractivity contribution is 5.73.